The van der Waals surface area contributed by atoms with Gasteiger partial charge in [0.15, 0.2) is 0 Å². The van der Waals surface area contributed by atoms with Crippen molar-refractivity contribution >= 4 is 22.3 Å². The maximum atomic E-state index is 14.9. The molecule has 8 nitrogen and oxygen atoms in total. The molecule has 0 bridgehead atoms. The van der Waals surface area contributed by atoms with E-state index in [1.165, 1.54) is 28.0 Å². The molecule has 3 heterocycles. The summed E-state index contributed by atoms with van der Waals surface area (Å²) in [5.41, 5.74) is -0.605. The van der Waals surface area contributed by atoms with Crippen molar-refractivity contribution in [3.05, 3.63) is 73.6 Å². The smallest absolute Gasteiger partial charge is 0.338 e. The van der Waals surface area contributed by atoms with Gasteiger partial charge in [-0.15, -0.1) is 0 Å². The van der Waals surface area contributed by atoms with Crippen LogP contribution in [-0.4, -0.2) is 31.3 Å². The van der Waals surface area contributed by atoms with Gasteiger partial charge in [-0.2, -0.15) is 14.9 Å². The van der Waals surface area contributed by atoms with Gasteiger partial charge in [0.2, 0.25) is 4.96 Å². The number of nitriles is 1. The van der Waals surface area contributed by atoms with Gasteiger partial charge in [-0.1, -0.05) is 43.2 Å². The number of carbonyl (C=O) groups excluding carboxylic acids is 1. The second kappa shape index (κ2) is 10.8. The summed E-state index contributed by atoms with van der Waals surface area (Å²) in [6, 6.07) is 8.39. The van der Waals surface area contributed by atoms with Crippen molar-refractivity contribution in [2.75, 3.05) is 0 Å². The molecule has 1 N–H and O–H groups in total. The molecule has 3 aromatic rings. The average molecular weight is 565 g/mol. The van der Waals surface area contributed by atoms with E-state index < -0.39 is 22.8 Å². The second-order valence-corrected chi connectivity index (χ2v) is 12.4. The summed E-state index contributed by atoms with van der Waals surface area (Å²) in [7, 11) is 0. The quantitative estimate of drug-likeness (QED) is 0.358. The molecule has 0 amide bonds. The Morgan fingerprint density at radius 1 is 1.27 bits per heavy atom. The van der Waals surface area contributed by atoms with Crippen LogP contribution in [0.5, 0.6) is 0 Å². The van der Waals surface area contributed by atoms with Crippen LogP contribution >= 0.6 is 11.3 Å². The molecule has 0 spiro atoms. The Morgan fingerprint density at radius 2 is 2.02 bits per heavy atom. The minimum Gasteiger partial charge on any atom is -0.512 e. The van der Waals surface area contributed by atoms with Gasteiger partial charge < -0.3 is 9.84 Å². The molecule has 5 rings (SSSR count). The highest BCUT2D eigenvalue weighted by molar-refractivity contribution is 7.16. The number of carbonyl (C=O) groups is 1. The van der Waals surface area contributed by atoms with Crippen LogP contribution in [0.1, 0.15) is 81.1 Å². The number of halogens is 1. The number of aromatic nitrogens is 3. The molecule has 0 radical (unpaired) electrons. The Kier molecular flexibility index (Phi) is 7.53. The van der Waals surface area contributed by atoms with Crippen LogP contribution in [0.4, 0.5) is 4.39 Å². The molecule has 1 aliphatic heterocycles. The highest BCUT2D eigenvalue weighted by Gasteiger charge is 2.48. The molecule has 1 fully saturated rings. The lowest BCUT2D eigenvalue weighted by atomic mass is 9.76. The first-order valence-corrected chi connectivity index (χ1v) is 14.6. The van der Waals surface area contributed by atoms with Crippen LogP contribution in [0.25, 0.3) is 4.96 Å². The Morgan fingerprint density at radius 3 is 2.67 bits per heavy atom. The zero-order chi connectivity index (χ0) is 28.7. The molecule has 1 saturated carbocycles. The summed E-state index contributed by atoms with van der Waals surface area (Å²) in [5, 5.41) is 25.6. The molecule has 2 aliphatic rings. The maximum absolute atomic E-state index is 14.9. The summed E-state index contributed by atoms with van der Waals surface area (Å²) in [4.78, 5) is 30.9. The standard InChI is InChI=1S/C30H33FN4O4S/c1-4-25-34-35-26(37)15-20(33-28(35)40-25)14-21-24(36)16-30(39-27(21)38,19-7-5-6-8-19)12-11-18-9-10-22(23(31)13-18)29(2,3)17-32/h9-10,13,15,19,36H,4-8,11-12,14,16H2,1-3H3. The van der Waals surface area contributed by atoms with Gasteiger partial charge in [0.1, 0.15) is 22.2 Å². The molecule has 0 saturated heterocycles. The lowest BCUT2D eigenvalue weighted by molar-refractivity contribution is -0.167. The van der Waals surface area contributed by atoms with Crippen LogP contribution in [0.15, 0.2) is 40.4 Å². The second-order valence-electron chi connectivity index (χ2n) is 11.4. The number of benzene rings is 1. The third-order valence-corrected chi connectivity index (χ3v) is 9.33. The van der Waals surface area contributed by atoms with Gasteiger partial charge in [0.25, 0.3) is 5.56 Å². The Hall–Kier alpha value is -3.58. The van der Waals surface area contributed by atoms with Crippen molar-refractivity contribution in [1.82, 2.24) is 14.6 Å². The number of rotatable bonds is 8. The molecular formula is C30H33FN4O4S. The highest BCUT2D eigenvalue weighted by Crippen LogP contribution is 2.46. The summed E-state index contributed by atoms with van der Waals surface area (Å²) in [6.07, 6.45) is 5.55. The molecule has 1 unspecified atom stereocenters. The Labute approximate surface area is 236 Å². The number of cyclic esters (lactones) is 1. The first-order chi connectivity index (χ1) is 19.0. The summed E-state index contributed by atoms with van der Waals surface area (Å²) in [5.74, 6) is -0.989. The summed E-state index contributed by atoms with van der Waals surface area (Å²) in [6.45, 7) is 5.30. The zero-order valence-corrected chi connectivity index (χ0v) is 23.8. The third-order valence-electron chi connectivity index (χ3n) is 8.28. The summed E-state index contributed by atoms with van der Waals surface area (Å²) >= 11 is 1.32. The predicted octanol–water partition coefficient (Wildman–Crippen LogP) is 5.52. The first kappa shape index (κ1) is 28.0. The minimum absolute atomic E-state index is 0.0160. The molecule has 1 aromatic carbocycles. The van der Waals surface area contributed by atoms with Crippen molar-refractivity contribution in [3.63, 3.8) is 0 Å². The molecule has 1 atom stereocenters. The molecular weight excluding hydrogens is 531 g/mol. The van der Waals surface area contributed by atoms with Gasteiger partial charge >= 0.3 is 5.97 Å². The fourth-order valence-corrected chi connectivity index (χ4v) is 6.79. The van der Waals surface area contributed by atoms with E-state index in [-0.39, 0.29) is 35.7 Å². The molecule has 10 heteroatoms. The number of hydrogen-bond acceptors (Lipinski definition) is 8. The number of hydrogen-bond donors (Lipinski definition) is 1. The average Bonchev–Trinajstić information content (AvgIpc) is 3.60. The van der Waals surface area contributed by atoms with Crippen LogP contribution in [0.2, 0.25) is 0 Å². The van der Waals surface area contributed by atoms with Crippen LogP contribution in [0, 0.1) is 23.1 Å². The number of fused-ring (bicyclic) bond motifs is 1. The van der Waals surface area contributed by atoms with Crippen molar-refractivity contribution < 1.29 is 19.0 Å². The Balaban J connectivity index is 1.40. The molecule has 40 heavy (non-hydrogen) atoms. The number of nitrogens with zero attached hydrogens (tertiary/aromatic N) is 4. The molecule has 210 valence electrons. The van der Waals surface area contributed by atoms with Crippen LogP contribution < -0.4 is 5.56 Å². The third kappa shape index (κ3) is 5.27. The summed E-state index contributed by atoms with van der Waals surface area (Å²) < 4.78 is 22.3. The maximum Gasteiger partial charge on any atom is 0.338 e. The highest BCUT2D eigenvalue weighted by atomic mass is 32.1. The van der Waals surface area contributed by atoms with Crippen molar-refractivity contribution in [2.45, 2.75) is 89.6 Å². The largest absolute Gasteiger partial charge is 0.512 e. The van der Waals surface area contributed by atoms with E-state index in [1.807, 2.05) is 13.0 Å². The molecule has 2 aromatic heterocycles. The van der Waals surface area contributed by atoms with E-state index in [1.54, 1.807) is 19.9 Å². The SMILES string of the molecule is CCc1nn2c(=O)cc(CC3=C(O)CC(CCc4ccc(C(C)(C)C#N)c(F)c4)(C4CCCC4)OC3=O)nc2s1. The number of esters is 1. The van der Waals surface area contributed by atoms with Crippen molar-refractivity contribution in [3.8, 4) is 6.07 Å². The topological polar surface area (TPSA) is 118 Å². The van der Waals surface area contributed by atoms with E-state index in [2.05, 4.69) is 16.2 Å². The van der Waals surface area contributed by atoms with E-state index in [0.29, 0.717) is 35.5 Å². The number of aryl methyl sites for hydroxylation is 2. The monoisotopic (exact) mass is 564 g/mol. The molecule has 1 aliphatic carbocycles. The zero-order valence-electron chi connectivity index (χ0n) is 23.0. The van der Waals surface area contributed by atoms with E-state index >= 15 is 0 Å². The van der Waals surface area contributed by atoms with Gasteiger partial charge in [-0.05, 0) is 63.5 Å². The van der Waals surface area contributed by atoms with E-state index in [4.69, 9.17) is 4.74 Å². The van der Waals surface area contributed by atoms with Gasteiger partial charge in [-0.25, -0.2) is 14.2 Å². The fourth-order valence-electron chi connectivity index (χ4n) is 5.94. The Bertz CT molecular complexity index is 1600. The fraction of sp³-hybridized carbons (Fsp3) is 0.500. The van der Waals surface area contributed by atoms with Gasteiger partial charge in [0, 0.05) is 24.5 Å². The van der Waals surface area contributed by atoms with Crippen molar-refractivity contribution in [2.24, 2.45) is 5.92 Å². The van der Waals surface area contributed by atoms with Gasteiger partial charge in [0.05, 0.1) is 22.8 Å². The lowest BCUT2D eigenvalue weighted by Crippen LogP contribution is -2.46. The van der Waals surface area contributed by atoms with E-state index in [0.717, 1.165) is 36.3 Å². The van der Waals surface area contributed by atoms with Crippen LogP contribution in [-0.2, 0) is 34.2 Å². The van der Waals surface area contributed by atoms with Crippen molar-refractivity contribution in [1.29, 1.82) is 5.26 Å². The normalized spacial score (nSPS) is 20.2. The lowest BCUT2D eigenvalue weighted by Gasteiger charge is -2.42. The number of aliphatic hydroxyl groups is 1. The predicted molar refractivity (Wildman–Crippen MR) is 149 cm³/mol. The van der Waals surface area contributed by atoms with E-state index in [9.17, 15) is 24.3 Å². The number of aliphatic hydroxyl groups excluding tert-OH is 1. The van der Waals surface area contributed by atoms with Gasteiger partial charge in [-0.3, -0.25) is 4.79 Å². The minimum atomic E-state index is -0.942. The van der Waals surface area contributed by atoms with Crippen LogP contribution in [0.3, 0.4) is 0 Å². The number of ether oxygens (including phenoxy) is 1. The first-order valence-electron chi connectivity index (χ1n) is 13.8.